The van der Waals surface area contributed by atoms with Gasteiger partial charge in [-0.15, -0.1) is 0 Å². The first-order valence-electron chi connectivity index (χ1n) is 14.5. The monoisotopic (exact) mass is 556 g/mol. The predicted molar refractivity (Wildman–Crippen MR) is 150 cm³/mol. The number of aliphatic hydroxyl groups is 1. The van der Waals surface area contributed by atoms with E-state index in [1.54, 1.807) is 18.7 Å². The third-order valence-electron chi connectivity index (χ3n) is 8.10. The highest BCUT2D eigenvalue weighted by atomic mass is 16.3. The molecular formula is C30H44N4O6. The lowest BCUT2D eigenvalue weighted by molar-refractivity contribution is -0.147. The van der Waals surface area contributed by atoms with Gasteiger partial charge in [-0.05, 0) is 57.9 Å². The Bertz CT molecular complexity index is 1060. The topological polar surface area (TPSA) is 145 Å². The maximum atomic E-state index is 13.9. The summed E-state index contributed by atoms with van der Waals surface area (Å²) < 4.78 is 0. The number of fused-ring (bicyclic) bond motifs is 1. The molecule has 0 unspecified atom stereocenters. The van der Waals surface area contributed by atoms with Crippen molar-refractivity contribution in [3.8, 4) is 0 Å². The minimum absolute atomic E-state index is 0.227. The lowest BCUT2D eigenvalue weighted by Gasteiger charge is -2.40. The Balaban J connectivity index is 1.84. The smallest absolute Gasteiger partial charge is 0.246 e. The molecule has 4 N–H and O–H groups in total. The van der Waals surface area contributed by atoms with Crippen molar-refractivity contribution in [3.05, 3.63) is 35.9 Å². The molecular weight excluding hydrogens is 512 g/mol. The summed E-state index contributed by atoms with van der Waals surface area (Å²) in [4.78, 5) is 67.7. The van der Waals surface area contributed by atoms with E-state index in [9.17, 15) is 29.1 Å². The van der Waals surface area contributed by atoms with Crippen LogP contribution in [0.1, 0.15) is 84.1 Å². The third-order valence-corrected chi connectivity index (χ3v) is 8.10. The molecule has 1 aromatic rings. The fourth-order valence-corrected chi connectivity index (χ4v) is 5.27. The van der Waals surface area contributed by atoms with E-state index in [4.69, 9.17) is 0 Å². The zero-order valence-corrected chi connectivity index (χ0v) is 23.9. The minimum atomic E-state index is -1.29. The van der Waals surface area contributed by atoms with E-state index in [-0.39, 0.29) is 36.9 Å². The summed E-state index contributed by atoms with van der Waals surface area (Å²) in [7, 11) is 0. The Morgan fingerprint density at radius 3 is 2.42 bits per heavy atom. The van der Waals surface area contributed by atoms with Gasteiger partial charge in [-0.3, -0.25) is 24.0 Å². The van der Waals surface area contributed by atoms with Crippen molar-refractivity contribution in [3.63, 3.8) is 0 Å². The van der Waals surface area contributed by atoms with Crippen LogP contribution in [0.2, 0.25) is 0 Å². The number of carbonyl (C=O) groups excluding carboxylic acids is 5. The van der Waals surface area contributed by atoms with Crippen LogP contribution in [0.5, 0.6) is 0 Å². The summed E-state index contributed by atoms with van der Waals surface area (Å²) in [5.74, 6) is -1.81. The molecule has 4 amide bonds. The SMILES string of the molecule is CC[C@]1(C)NC(=O)[C@H](CCCCCC(=O)[C@@H](C)O)NC(=O)[C@H]2CCCCN2C(=O)[C@H](Cc2ccccc2)NC1=O. The van der Waals surface area contributed by atoms with Crippen molar-refractivity contribution >= 4 is 29.4 Å². The van der Waals surface area contributed by atoms with Gasteiger partial charge in [0.15, 0.2) is 5.78 Å². The molecule has 2 fully saturated rings. The fourth-order valence-electron chi connectivity index (χ4n) is 5.27. The second-order valence-electron chi connectivity index (χ2n) is 11.2. The van der Waals surface area contributed by atoms with Gasteiger partial charge in [-0.25, -0.2) is 0 Å². The Morgan fingerprint density at radius 2 is 1.75 bits per heavy atom. The van der Waals surface area contributed by atoms with Crippen molar-refractivity contribution in [1.29, 1.82) is 0 Å². The Labute approximate surface area is 236 Å². The second kappa shape index (κ2) is 14.4. The number of aliphatic hydroxyl groups excluding tert-OH is 1. The molecule has 0 radical (unpaired) electrons. The zero-order valence-electron chi connectivity index (χ0n) is 23.9. The second-order valence-corrected chi connectivity index (χ2v) is 11.2. The lowest BCUT2D eigenvalue weighted by atomic mass is 9.93. The largest absolute Gasteiger partial charge is 0.386 e. The Hall–Kier alpha value is -3.27. The van der Waals surface area contributed by atoms with Gasteiger partial charge >= 0.3 is 0 Å². The highest BCUT2D eigenvalue weighted by Crippen LogP contribution is 2.22. The Kier molecular flexibility index (Phi) is 11.2. The van der Waals surface area contributed by atoms with E-state index < -0.39 is 41.6 Å². The van der Waals surface area contributed by atoms with Crippen molar-refractivity contribution in [2.75, 3.05) is 6.54 Å². The number of carbonyl (C=O) groups is 5. The van der Waals surface area contributed by atoms with Crippen LogP contribution < -0.4 is 16.0 Å². The van der Waals surface area contributed by atoms with Crippen molar-refractivity contribution < 1.29 is 29.1 Å². The quantitative estimate of drug-likeness (QED) is 0.323. The van der Waals surface area contributed by atoms with E-state index in [2.05, 4.69) is 16.0 Å². The van der Waals surface area contributed by atoms with E-state index in [1.807, 2.05) is 30.3 Å². The number of ketones is 1. The molecule has 10 heteroatoms. The van der Waals surface area contributed by atoms with Gasteiger partial charge in [0.2, 0.25) is 23.6 Å². The summed E-state index contributed by atoms with van der Waals surface area (Å²) in [6.45, 7) is 5.25. The maximum absolute atomic E-state index is 13.9. The lowest BCUT2D eigenvalue weighted by Crippen LogP contribution is -2.66. The molecule has 2 aliphatic rings. The molecule has 5 atom stereocenters. The number of benzene rings is 1. The molecule has 10 nitrogen and oxygen atoms in total. The zero-order chi connectivity index (χ0) is 29.3. The number of piperidine rings is 1. The number of rotatable bonds is 10. The fraction of sp³-hybridized carbons (Fsp3) is 0.633. The molecule has 0 bridgehead atoms. The van der Waals surface area contributed by atoms with Gasteiger partial charge in [-0.2, -0.15) is 0 Å². The van der Waals surface area contributed by atoms with Crippen LogP contribution in [0.25, 0.3) is 0 Å². The van der Waals surface area contributed by atoms with Crippen LogP contribution in [0, 0.1) is 0 Å². The minimum Gasteiger partial charge on any atom is -0.386 e. The van der Waals surface area contributed by atoms with Crippen LogP contribution in [0.4, 0.5) is 0 Å². The van der Waals surface area contributed by atoms with Crippen LogP contribution in [-0.2, 0) is 30.4 Å². The van der Waals surface area contributed by atoms with Gasteiger partial charge < -0.3 is 26.0 Å². The van der Waals surface area contributed by atoms with E-state index in [0.29, 0.717) is 38.6 Å². The number of nitrogens with one attached hydrogen (secondary N) is 3. The van der Waals surface area contributed by atoms with Gasteiger partial charge in [0, 0.05) is 19.4 Å². The standard InChI is InChI=1S/C30H44N4O6/c1-4-30(3)29(40)32-23(19-21-13-7-5-8-14-21)28(39)34-18-12-11-16-24(34)27(38)31-22(26(37)33-30)15-9-6-10-17-25(36)20(2)35/h5,7-8,13-14,20,22-24,35H,4,6,9-12,15-19H2,1-3H3,(H,31,38)(H,32,40)(H,33,37)/t20-,22+,23+,24-,30+/m1/s1. The average Bonchev–Trinajstić information content (AvgIpc) is 2.95. The maximum Gasteiger partial charge on any atom is 0.246 e. The summed E-state index contributed by atoms with van der Waals surface area (Å²) in [6, 6.07) is 6.90. The molecule has 2 aliphatic heterocycles. The molecule has 1 aromatic carbocycles. The summed E-state index contributed by atoms with van der Waals surface area (Å²) >= 11 is 0. The van der Waals surface area contributed by atoms with E-state index >= 15 is 0 Å². The van der Waals surface area contributed by atoms with Crippen LogP contribution in [0.15, 0.2) is 30.3 Å². The first-order valence-corrected chi connectivity index (χ1v) is 14.5. The van der Waals surface area contributed by atoms with Crippen molar-refractivity contribution in [2.24, 2.45) is 0 Å². The molecule has 0 aromatic heterocycles. The highest BCUT2D eigenvalue weighted by molar-refractivity contribution is 5.99. The molecule has 3 rings (SSSR count). The first-order chi connectivity index (χ1) is 19.1. The van der Waals surface area contributed by atoms with E-state index in [1.165, 1.54) is 6.92 Å². The summed E-state index contributed by atoms with van der Waals surface area (Å²) in [5, 5.41) is 18.0. The van der Waals surface area contributed by atoms with Crippen LogP contribution in [0.3, 0.4) is 0 Å². The normalized spacial score (nSPS) is 26.9. The Morgan fingerprint density at radius 1 is 1.02 bits per heavy atom. The van der Waals surface area contributed by atoms with Crippen molar-refractivity contribution in [2.45, 2.75) is 115 Å². The number of unbranched alkanes of at least 4 members (excludes halogenated alkanes) is 2. The van der Waals surface area contributed by atoms with Gasteiger partial charge in [0.05, 0.1) is 0 Å². The average molecular weight is 557 g/mol. The predicted octanol–water partition coefficient (Wildman–Crippen LogP) is 1.78. The highest BCUT2D eigenvalue weighted by Gasteiger charge is 2.42. The molecule has 0 spiro atoms. The molecule has 40 heavy (non-hydrogen) atoms. The summed E-state index contributed by atoms with van der Waals surface area (Å²) in [6.07, 6.45) is 3.89. The molecule has 0 saturated carbocycles. The molecule has 220 valence electrons. The first kappa shape index (κ1) is 31.3. The molecule has 2 heterocycles. The van der Waals surface area contributed by atoms with Gasteiger partial charge in [0.1, 0.15) is 29.8 Å². The van der Waals surface area contributed by atoms with E-state index in [0.717, 1.165) is 18.4 Å². The molecule has 0 aliphatic carbocycles. The van der Waals surface area contributed by atoms with Crippen molar-refractivity contribution in [1.82, 2.24) is 20.9 Å². The number of hydrogen-bond donors (Lipinski definition) is 4. The van der Waals surface area contributed by atoms with Crippen LogP contribution in [-0.4, -0.2) is 75.7 Å². The number of hydrogen-bond acceptors (Lipinski definition) is 6. The third kappa shape index (κ3) is 8.13. The van der Waals surface area contributed by atoms with Crippen LogP contribution >= 0.6 is 0 Å². The van der Waals surface area contributed by atoms with Gasteiger partial charge in [0.25, 0.3) is 0 Å². The number of nitrogens with zero attached hydrogens (tertiary/aromatic N) is 1. The molecule has 2 saturated heterocycles. The number of amides is 4. The number of Topliss-reactive ketones (excluding diaryl/α,β-unsaturated/α-hetero) is 1. The summed E-state index contributed by atoms with van der Waals surface area (Å²) in [5.41, 5.74) is -0.414. The van der Waals surface area contributed by atoms with Gasteiger partial charge in [-0.1, -0.05) is 50.1 Å².